The van der Waals surface area contributed by atoms with Crippen molar-refractivity contribution in [3.05, 3.63) is 0 Å². The minimum absolute atomic E-state index is 0.0793. The molecule has 1 saturated heterocycles. The lowest BCUT2D eigenvalue weighted by Gasteiger charge is -2.38. The van der Waals surface area contributed by atoms with Crippen LogP contribution in [-0.2, 0) is 0 Å². The SMILES string of the molecule is CCN(CC)C(C)N1CCCNC1=O. The molecule has 1 N–H and O–H groups in total. The number of nitrogens with one attached hydrogen (secondary N) is 1. The summed E-state index contributed by atoms with van der Waals surface area (Å²) in [6.45, 7) is 10.0. The van der Waals surface area contributed by atoms with Crippen molar-refractivity contribution >= 4 is 6.03 Å². The molecule has 0 aromatic rings. The van der Waals surface area contributed by atoms with Crippen LogP contribution < -0.4 is 5.32 Å². The summed E-state index contributed by atoms with van der Waals surface area (Å²) in [5.74, 6) is 0. The van der Waals surface area contributed by atoms with Gasteiger partial charge in [0, 0.05) is 13.1 Å². The first-order valence-electron chi connectivity index (χ1n) is 5.49. The Morgan fingerprint density at radius 1 is 1.50 bits per heavy atom. The Morgan fingerprint density at radius 2 is 2.14 bits per heavy atom. The number of urea groups is 1. The Hall–Kier alpha value is -0.770. The molecule has 0 bridgehead atoms. The molecular formula is C10H21N3O. The van der Waals surface area contributed by atoms with Gasteiger partial charge in [0.05, 0.1) is 6.17 Å². The van der Waals surface area contributed by atoms with Crippen molar-refractivity contribution in [3.63, 3.8) is 0 Å². The fraction of sp³-hybridized carbons (Fsp3) is 0.900. The van der Waals surface area contributed by atoms with Gasteiger partial charge >= 0.3 is 6.03 Å². The highest BCUT2D eigenvalue weighted by Gasteiger charge is 2.25. The normalized spacial score (nSPS) is 19.7. The molecule has 2 amide bonds. The minimum atomic E-state index is 0.0793. The summed E-state index contributed by atoms with van der Waals surface area (Å²) in [5.41, 5.74) is 0. The predicted octanol–water partition coefficient (Wildman–Crippen LogP) is 1.09. The molecule has 1 fully saturated rings. The summed E-state index contributed by atoms with van der Waals surface area (Å²) in [5, 5.41) is 2.88. The molecular weight excluding hydrogens is 178 g/mol. The van der Waals surface area contributed by atoms with Crippen LogP contribution in [0, 0.1) is 0 Å². The Bertz CT molecular complexity index is 192. The van der Waals surface area contributed by atoms with E-state index in [4.69, 9.17) is 0 Å². The summed E-state index contributed by atoms with van der Waals surface area (Å²) in [6.07, 6.45) is 1.27. The smallest absolute Gasteiger partial charge is 0.318 e. The van der Waals surface area contributed by atoms with Gasteiger partial charge in [-0.2, -0.15) is 0 Å². The van der Waals surface area contributed by atoms with E-state index in [0.717, 1.165) is 32.6 Å². The summed E-state index contributed by atoms with van der Waals surface area (Å²) < 4.78 is 0. The number of carbonyl (C=O) groups excluding carboxylic acids is 1. The van der Waals surface area contributed by atoms with Crippen LogP contribution in [0.5, 0.6) is 0 Å². The van der Waals surface area contributed by atoms with Crippen molar-refractivity contribution in [3.8, 4) is 0 Å². The molecule has 14 heavy (non-hydrogen) atoms. The molecule has 4 nitrogen and oxygen atoms in total. The number of hydrogen-bond donors (Lipinski definition) is 1. The maximum Gasteiger partial charge on any atom is 0.318 e. The van der Waals surface area contributed by atoms with Crippen LogP contribution in [0.3, 0.4) is 0 Å². The second-order valence-corrected chi connectivity index (χ2v) is 3.63. The van der Waals surface area contributed by atoms with Crippen LogP contribution in [0.4, 0.5) is 4.79 Å². The van der Waals surface area contributed by atoms with E-state index < -0.39 is 0 Å². The Balaban J connectivity index is 2.56. The third kappa shape index (κ3) is 2.38. The highest BCUT2D eigenvalue weighted by molar-refractivity contribution is 5.75. The first kappa shape index (κ1) is 11.3. The summed E-state index contributed by atoms with van der Waals surface area (Å²) >= 11 is 0. The van der Waals surface area contributed by atoms with Crippen molar-refractivity contribution < 1.29 is 4.79 Å². The largest absolute Gasteiger partial charge is 0.338 e. The predicted molar refractivity (Wildman–Crippen MR) is 57.1 cm³/mol. The minimum Gasteiger partial charge on any atom is -0.338 e. The number of hydrogen-bond acceptors (Lipinski definition) is 2. The second-order valence-electron chi connectivity index (χ2n) is 3.63. The van der Waals surface area contributed by atoms with E-state index in [1.54, 1.807) is 0 Å². The van der Waals surface area contributed by atoms with E-state index in [1.807, 2.05) is 4.90 Å². The van der Waals surface area contributed by atoms with E-state index in [-0.39, 0.29) is 12.2 Å². The quantitative estimate of drug-likeness (QED) is 0.735. The van der Waals surface area contributed by atoms with Gasteiger partial charge in [-0.3, -0.25) is 4.90 Å². The van der Waals surface area contributed by atoms with Crippen molar-refractivity contribution in [2.45, 2.75) is 33.4 Å². The first-order valence-corrected chi connectivity index (χ1v) is 5.49. The fourth-order valence-corrected chi connectivity index (χ4v) is 1.95. The number of rotatable bonds is 4. The maximum absolute atomic E-state index is 11.6. The monoisotopic (exact) mass is 199 g/mol. The van der Waals surface area contributed by atoms with E-state index in [0.29, 0.717) is 0 Å². The lowest BCUT2D eigenvalue weighted by atomic mass is 10.3. The van der Waals surface area contributed by atoms with Crippen LogP contribution in [0.2, 0.25) is 0 Å². The molecule has 1 aliphatic rings. The van der Waals surface area contributed by atoms with Gasteiger partial charge in [-0.15, -0.1) is 0 Å². The Morgan fingerprint density at radius 3 is 2.64 bits per heavy atom. The van der Waals surface area contributed by atoms with Crippen LogP contribution in [0.1, 0.15) is 27.2 Å². The fourth-order valence-electron chi connectivity index (χ4n) is 1.95. The highest BCUT2D eigenvalue weighted by Crippen LogP contribution is 2.09. The molecule has 0 aliphatic carbocycles. The van der Waals surface area contributed by atoms with Crippen LogP contribution >= 0.6 is 0 Å². The van der Waals surface area contributed by atoms with E-state index in [1.165, 1.54) is 0 Å². The number of nitrogens with zero attached hydrogens (tertiary/aromatic N) is 2. The van der Waals surface area contributed by atoms with Gasteiger partial charge in [0.15, 0.2) is 0 Å². The zero-order valence-electron chi connectivity index (χ0n) is 9.42. The molecule has 0 spiro atoms. The van der Waals surface area contributed by atoms with Gasteiger partial charge in [0.1, 0.15) is 0 Å². The molecule has 4 heteroatoms. The second kappa shape index (κ2) is 5.20. The maximum atomic E-state index is 11.6. The van der Waals surface area contributed by atoms with Gasteiger partial charge < -0.3 is 10.2 Å². The summed E-state index contributed by atoms with van der Waals surface area (Å²) in [4.78, 5) is 15.8. The van der Waals surface area contributed by atoms with Gasteiger partial charge in [-0.25, -0.2) is 4.79 Å². The molecule has 0 radical (unpaired) electrons. The van der Waals surface area contributed by atoms with Gasteiger partial charge in [-0.1, -0.05) is 13.8 Å². The summed E-state index contributed by atoms with van der Waals surface area (Å²) in [7, 11) is 0. The van der Waals surface area contributed by atoms with Crippen LogP contribution in [-0.4, -0.2) is 48.2 Å². The number of amides is 2. The molecule has 0 aromatic carbocycles. The van der Waals surface area contributed by atoms with E-state index >= 15 is 0 Å². The van der Waals surface area contributed by atoms with Crippen molar-refractivity contribution in [1.82, 2.24) is 15.1 Å². The zero-order chi connectivity index (χ0) is 10.6. The molecule has 1 rings (SSSR count). The van der Waals surface area contributed by atoms with Crippen LogP contribution in [0.25, 0.3) is 0 Å². The molecule has 0 aromatic heterocycles. The summed E-state index contributed by atoms with van der Waals surface area (Å²) in [6, 6.07) is 0.0793. The van der Waals surface area contributed by atoms with E-state index in [9.17, 15) is 4.79 Å². The van der Waals surface area contributed by atoms with Gasteiger partial charge in [0.2, 0.25) is 0 Å². The standard InChI is InChI=1S/C10H21N3O/c1-4-12(5-2)9(3)13-8-6-7-11-10(13)14/h9H,4-8H2,1-3H3,(H,11,14). The molecule has 1 aliphatic heterocycles. The molecule has 1 atom stereocenters. The Labute approximate surface area is 86.2 Å². The topological polar surface area (TPSA) is 35.6 Å². The average Bonchev–Trinajstić information content (AvgIpc) is 2.20. The third-order valence-corrected chi connectivity index (χ3v) is 2.90. The third-order valence-electron chi connectivity index (χ3n) is 2.90. The van der Waals surface area contributed by atoms with Gasteiger partial charge in [-0.05, 0) is 26.4 Å². The zero-order valence-corrected chi connectivity index (χ0v) is 9.42. The van der Waals surface area contributed by atoms with E-state index in [2.05, 4.69) is 31.0 Å². The number of carbonyl (C=O) groups is 1. The lowest BCUT2D eigenvalue weighted by molar-refractivity contribution is 0.0760. The van der Waals surface area contributed by atoms with Crippen molar-refractivity contribution in [2.75, 3.05) is 26.2 Å². The molecule has 0 saturated carbocycles. The molecule has 1 unspecified atom stereocenters. The first-order chi connectivity index (χ1) is 6.70. The Kier molecular flexibility index (Phi) is 4.20. The van der Waals surface area contributed by atoms with Crippen molar-refractivity contribution in [1.29, 1.82) is 0 Å². The molecule has 1 heterocycles. The molecule has 82 valence electrons. The lowest BCUT2D eigenvalue weighted by Crippen LogP contribution is -2.55. The highest BCUT2D eigenvalue weighted by atomic mass is 16.2. The van der Waals surface area contributed by atoms with Crippen LogP contribution in [0.15, 0.2) is 0 Å². The van der Waals surface area contributed by atoms with Crippen molar-refractivity contribution in [2.24, 2.45) is 0 Å². The van der Waals surface area contributed by atoms with Gasteiger partial charge in [0.25, 0.3) is 0 Å². The average molecular weight is 199 g/mol.